The zero-order chi connectivity index (χ0) is 26.5. The molecule has 0 aromatic carbocycles. The highest BCUT2D eigenvalue weighted by Crippen LogP contribution is 2.09. The van der Waals surface area contributed by atoms with Gasteiger partial charge in [-0.05, 0) is 65.5 Å². The van der Waals surface area contributed by atoms with Gasteiger partial charge in [-0.25, -0.2) is 0 Å². The minimum absolute atomic E-state index is 0.115. The molecule has 0 aliphatic carbocycles. The van der Waals surface area contributed by atoms with E-state index in [4.69, 9.17) is 9.47 Å². The second kappa shape index (κ2) is 28.4. The van der Waals surface area contributed by atoms with Crippen LogP contribution in [0.2, 0.25) is 0 Å². The highest BCUT2D eigenvalue weighted by molar-refractivity contribution is 5.68. The Morgan fingerprint density at radius 2 is 1.19 bits per heavy atom. The Hall–Kier alpha value is -1.17. The van der Waals surface area contributed by atoms with E-state index in [-0.39, 0.29) is 5.97 Å². The van der Waals surface area contributed by atoms with Crippen LogP contribution in [-0.4, -0.2) is 64.5 Å². The summed E-state index contributed by atoms with van der Waals surface area (Å²) >= 11 is 0. The molecule has 0 bridgehead atoms. The average Bonchev–Trinajstić information content (AvgIpc) is 2.87. The molecule has 0 saturated carbocycles. The molecule has 0 radical (unpaired) electrons. The zero-order valence-corrected chi connectivity index (χ0v) is 24.3. The van der Waals surface area contributed by atoms with Crippen molar-refractivity contribution in [2.45, 2.75) is 122 Å². The summed E-state index contributed by atoms with van der Waals surface area (Å²) in [5.41, 5.74) is 0. The van der Waals surface area contributed by atoms with E-state index in [2.05, 4.69) is 55.0 Å². The van der Waals surface area contributed by atoms with Crippen LogP contribution in [0, 0.1) is 0 Å². The van der Waals surface area contributed by atoms with Crippen molar-refractivity contribution < 1.29 is 19.0 Å². The maximum Gasteiger partial charge on any atom is 0.305 e. The molecule has 0 spiro atoms. The Kier molecular flexibility index (Phi) is 27.5. The summed E-state index contributed by atoms with van der Waals surface area (Å²) in [6, 6.07) is 0.300. The molecule has 1 atom stereocenters. The lowest BCUT2D eigenvalue weighted by atomic mass is 10.1. The Balaban J connectivity index is 3.48. The van der Waals surface area contributed by atoms with Gasteiger partial charge in [0.1, 0.15) is 0 Å². The van der Waals surface area contributed by atoms with E-state index in [0.717, 1.165) is 58.3 Å². The van der Waals surface area contributed by atoms with Crippen molar-refractivity contribution in [3.05, 3.63) is 24.3 Å². The molecule has 0 rings (SSSR count). The Morgan fingerprint density at radius 3 is 1.72 bits per heavy atom. The third-order valence-electron chi connectivity index (χ3n) is 6.49. The summed E-state index contributed by atoms with van der Waals surface area (Å²) in [7, 11) is 5.62. The Morgan fingerprint density at radius 1 is 0.694 bits per heavy atom. The molecule has 5 nitrogen and oxygen atoms in total. The predicted molar refractivity (Wildman–Crippen MR) is 154 cm³/mol. The molecular weight excluding hydrogens is 450 g/mol. The topological polar surface area (TPSA) is 48.0 Å². The quantitative estimate of drug-likeness (QED) is 0.0640. The van der Waals surface area contributed by atoms with Crippen LogP contribution in [-0.2, 0) is 19.0 Å². The van der Waals surface area contributed by atoms with E-state index in [9.17, 15) is 4.79 Å². The molecule has 1 unspecified atom stereocenters. The van der Waals surface area contributed by atoms with Crippen molar-refractivity contribution in [3.8, 4) is 0 Å². The first kappa shape index (κ1) is 34.8. The largest absolute Gasteiger partial charge is 0.469 e. The number of likely N-dealkylation sites (N-methyl/N-ethyl adjacent to an activating group) is 1. The molecule has 36 heavy (non-hydrogen) atoms. The summed E-state index contributed by atoms with van der Waals surface area (Å²) in [5.74, 6) is -0.115. The number of carbonyl (C=O) groups is 1. The SMILES string of the molecule is CCCCC/C=C\C/C=C\CCCCCCCCOCC(COCCCCCCC(=O)OC)N(C)C. The molecule has 0 amide bonds. The van der Waals surface area contributed by atoms with Crippen molar-refractivity contribution >= 4 is 5.97 Å². The summed E-state index contributed by atoms with van der Waals surface area (Å²) in [4.78, 5) is 13.3. The summed E-state index contributed by atoms with van der Waals surface area (Å²) < 4.78 is 16.5. The molecule has 0 aliphatic heterocycles. The zero-order valence-electron chi connectivity index (χ0n) is 24.3. The minimum Gasteiger partial charge on any atom is -0.469 e. The van der Waals surface area contributed by atoms with E-state index in [1.807, 2.05) is 0 Å². The van der Waals surface area contributed by atoms with Gasteiger partial charge in [-0.3, -0.25) is 4.79 Å². The summed E-state index contributed by atoms with van der Waals surface area (Å²) in [6.45, 7) is 5.31. The van der Waals surface area contributed by atoms with Crippen molar-refractivity contribution in [3.63, 3.8) is 0 Å². The van der Waals surface area contributed by atoms with Crippen LogP contribution in [0.1, 0.15) is 116 Å². The summed E-state index contributed by atoms with van der Waals surface area (Å²) in [6.07, 6.45) is 29.1. The molecule has 0 aliphatic rings. The first-order chi connectivity index (χ1) is 17.6. The number of rotatable bonds is 27. The third-order valence-corrected chi connectivity index (χ3v) is 6.49. The molecule has 0 aromatic heterocycles. The van der Waals surface area contributed by atoms with Gasteiger partial charge in [0.25, 0.3) is 0 Å². The van der Waals surface area contributed by atoms with E-state index < -0.39 is 0 Å². The molecule has 5 heteroatoms. The minimum atomic E-state index is -0.115. The maximum atomic E-state index is 11.1. The first-order valence-corrected chi connectivity index (χ1v) is 14.8. The van der Waals surface area contributed by atoms with E-state index >= 15 is 0 Å². The second-order valence-corrected chi connectivity index (χ2v) is 10.1. The average molecular weight is 510 g/mol. The van der Waals surface area contributed by atoms with Gasteiger partial charge in [-0.1, -0.05) is 82.6 Å². The fourth-order valence-corrected chi connectivity index (χ4v) is 3.91. The molecule has 212 valence electrons. The number of hydrogen-bond donors (Lipinski definition) is 0. The summed E-state index contributed by atoms with van der Waals surface area (Å²) in [5, 5.41) is 0. The second-order valence-electron chi connectivity index (χ2n) is 10.1. The van der Waals surface area contributed by atoms with Crippen molar-refractivity contribution in [1.29, 1.82) is 0 Å². The number of unbranched alkanes of at least 4 members (excludes halogenated alkanes) is 12. The smallest absolute Gasteiger partial charge is 0.305 e. The normalized spacial score (nSPS) is 12.8. The van der Waals surface area contributed by atoms with Crippen LogP contribution in [0.25, 0.3) is 0 Å². The number of ether oxygens (including phenoxy) is 3. The molecule has 0 fully saturated rings. The molecule has 0 N–H and O–H groups in total. The van der Waals surface area contributed by atoms with E-state index in [1.54, 1.807) is 0 Å². The standard InChI is InChI=1S/C31H59NO4/c1-5-6-7-8-9-10-11-12-13-14-15-16-17-18-20-23-26-35-28-30(32(2)3)29-36-27-24-21-19-22-25-31(33)34-4/h9-10,12-13,30H,5-8,11,14-29H2,1-4H3/b10-9-,13-12-. The van der Waals surface area contributed by atoms with Crippen LogP contribution >= 0.6 is 0 Å². The fourth-order valence-electron chi connectivity index (χ4n) is 3.91. The highest BCUT2D eigenvalue weighted by Gasteiger charge is 2.11. The highest BCUT2D eigenvalue weighted by atomic mass is 16.5. The monoisotopic (exact) mass is 509 g/mol. The number of esters is 1. The number of methoxy groups -OCH3 is 1. The lowest BCUT2D eigenvalue weighted by Gasteiger charge is -2.24. The lowest BCUT2D eigenvalue weighted by Crippen LogP contribution is -2.37. The first-order valence-electron chi connectivity index (χ1n) is 14.8. The van der Waals surface area contributed by atoms with Gasteiger partial charge in [0.15, 0.2) is 0 Å². The van der Waals surface area contributed by atoms with Crippen LogP contribution in [0.3, 0.4) is 0 Å². The number of nitrogens with zero attached hydrogens (tertiary/aromatic N) is 1. The van der Waals surface area contributed by atoms with Gasteiger partial charge in [0.05, 0.1) is 26.4 Å². The van der Waals surface area contributed by atoms with Crippen LogP contribution in [0.15, 0.2) is 24.3 Å². The van der Waals surface area contributed by atoms with E-state index in [0.29, 0.717) is 19.1 Å². The van der Waals surface area contributed by atoms with Gasteiger partial charge in [-0.15, -0.1) is 0 Å². The van der Waals surface area contributed by atoms with Gasteiger partial charge >= 0.3 is 5.97 Å². The number of allylic oxidation sites excluding steroid dienone is 4. The van der Waals surface area contributed by atoms with Crippen LogP contribution in [0.4, 0.5) is 0 Å². The van der Waals surface area contributed by atoms with Gasteiger partial charge in [0, 0.05) is 19.6 Å². The van der Waals surface area contributed by atoms with E-state index in [1.165, 1.54) is 71.3 Å². The maximum absolute atomic E-state index is 11.1. The van der Waals surface area contributed by atoms with Gasteiger partial charge in [0.2, 0.25) is 0 Å². The Labute approximate surface area is 224 Å². The van der Waals surface area contributed by atoms with Gasteiger partial charge in [-0.2, -0.15) is 0 Å². The lowest BCUT2D eigenvalue weighted by molar-refractivity contribution is -0.140. The van der Waals surface area contributed by atoms with Crippen molar-refractivity contribution in [2.75, 3.05) is 47.6 Å². The molecular formula is C31H59NO4. The molecule has 0 heterocycles. The third kappa shape index (κ3) is 25.9. The molecule has 0 aromatic rings. The number of carbonyl (C=O) groups excluding carboxylic acids is 1. The van der Waals surface area contributed by atoms with Crippen molar-refractivity contribution in [1.82, 2.24) is 4.90 Å². The Bertz CT molecular complexity index is 519. The fraction of sp³-hybridized carbons (Fsp3) is 0.839. The predicted octanol–water partition coefficient (Wildman–Crippen LogP) is 7.89. The van der Waals surface area contributed by atoms with Crippen molar-refractivity contribution in [2.24, 2.45) is 0 Å². The molecule has 0 saturated heterocycles. The number of hydrogen-bond acceptors (Lipinski definition) is 5. The van der Waals surface area contributed by atoms with Gasteiger partial charge < -0.3 is 19.1 Å². The van der Waals surface area contributed by atoms with Crippen LogP contribution < -0.4 is 0 Å². The van der Waals surface area contributed by atoms with Crippen LogP contribution in [0.5, 0.6) is 0 Å².